The van der Waals surface area contributed by atoms with Gasteiger partial charge in [-0.1, -0.05) is 0 Å². The maximum atomic E-state index is 11.4. The SMILES string of the molecule is CN([C-]=O)C(CC(=O)OC(C)(C)C)C(=O)O.[Fm]. The minimum Gasteiger partial charge on any atom is -0.520 e. The molecular weight excluding hydrogens is 471 g/mol. The number of carboxylic acids is 1. The number of amides is 1. The predicted octanol–water partition coefficient (Wildman–Crippen LogP) is 0.170. The van der Waals surface area contributed by atoms with Crippen LogP contribution in [-0.4, -0.2) is 47.0 Å². The molecule has 0 saturated heterocycles. The summed E-state index contributed by atoms with van der Waals surface area (Å²) in [7, 11) is 1.25. The van der Waals surface area contributed by atoms with Crippen LogP contribution in [0.15, 0.2) is 0 Å². The van der Waals surface area contributed by atoms with E-state index in [9.17, 15) is 14.4 Å². The van der Waals surface area contributed by atoms with Crippen molar-refractivity contribution in [1.82, 2.24) is 4.90 Å². The van der Waals surface area contributed by atoms with Crippen LogP contribution in [0.3, 0.4) is 0 Å². The van der Waals surface area contributed by atoms with Gasteiger partial charge >= 0.3 is 11.9 Å². The summed E-state index contributed by atoms with van der Waals surface area (Å²) < 4.78 is 4.95. The number of esters is 1. The van der Waals surface area contributed by atoms with Crippen LogP contribution in [-0.2, 0) is 19.1 Å². The molecule has 7 heteroatoms. The molecule has 17 heavy (non-hydrogen) atoms. The number of hydrogen-bond acceptors (Lipinski definition) is 4. The van der Waals surface area contributed by atoms with E-state index in [1.165, 1.54) is 13.5 Å². The van der Waals surface area contributed by atoms with Crippen molar-refractivity contribution < 1.29 is 24.2 Å². The number of nitrogens with zero attached hydrogens (tertiary/aromatic N) is 1. The summed E-state index contributed by atoms with van der Waals surface area (Å²) in [5.41, 5.74) is -0.677. The van der Waals surface area contributed by atoms with Gasteiger partial charge in [0.2, 0.25) is 0 Å². The van der Waals surface area contributed by atoms with E-state index in [1.54, 1.807) is 20.8 Å². The van der Waals surface area contributed by atoms with E-state index in [4.69, 9.17) is 9.84 Å². The molecule has 1 unspecified atom stereocenters. The van der Waals surface area contributed by atoms with Crippen molar-refractivity contribution >= 4 is 18.3 Å². The Morgan fingerprint density at radius 1 is 1.41 bits per heavy atom. The Morgan fingerprint density at radius 2 is 1.88 bits per heavy atom. The van der Waals surface area contributed by atoms with Gasteiger partial charge in [0.25, 0.3) is 0 Å². The summed E-state index contributed by atoms with van der Waals surface area (Å²) in [6, 6.07) is -1.24. The molecule has 0 radical (unpaired) electrons. The van der Waals surface area contributed by atoms with Crippen LogP contribution in [0.1, 0.15) is 27.2 Å². The van der Waals surface area contributed by atoms with Crippen molar-refractivity contribution in [2.24, 2.45) is 0 Å². The van der Waals surface area contributed by atoms with Gasteiger partial charge in [0.15, 0.2) is 0 Å². The number of carboxylic acid groups (broad SMARTS) is 1. The number of likely N-dealkylation sites (N-methyl/N-ethyl adjacent to an activating group) is 1. The molecule has 0 aliphatic carbocycles. The van der Waals surface area contributed by atoms with Crippen molar-refractivity contribution in [3.05, 3.63) is 0 Å². The molecule has 0 rings (SSSR count). The van der Waals surface area contributed by atoms with E-state index < -0.39 is 30.0 Å². The molecule has 0 aromatic rings. The van der Waals surface area contributed by atoms with E-state index in [0.717, 1.165) is 4.90 Å². The molecule has 1 amide bonds. The summed E-state index contributed by atoms with van der Waals surface area (Å²) in [6.07, 6.45) is 1.02. The van der Waals surface area contributed by atoms with Gasteiger partial charge in [-0.15, -0.1) is 0 Å². The first-order chi connectivity index (χ1) is 7.17. The van der Waals surface area contributed by atoms with Crippen molar-refractivity contribution in [2.45, 2.75) is 38.8 Å². The Kier molecular flexibility index (Phi) is 6.03. The van der Waals surface area contributed by atoms with Gasteiger partial charge in [-0.2, -0.15) is 6.41 Å². The molecule has 0 aliphatic heterocycles. The van der Waals surface area contributed by atoms with Gasteiger partial charge in [0.05, 0.1) is 6.42 Å². The number of carbonyl (C=O) groups is 2. The third-order valence-corrected chi connectivity index (χ3v) is 1.68. The number of aliphatic carboxylic acids is 1. The summed E-state index contributed by atoms with van der Waals surface area (Å²) in [5.74, 6) is -1.93. The van der Waals surface area contributed by atoms with E-state index >= 15 is 0 Å². The Balaban J connectivity index is 0. The molecule has 0 spiro atoms. The Hall–Kier alpha value is -2.59. The van der Waals surface area contributed by atoms with Crippen LogP contribution in [0.4, 0.5) is 0 Å². The maximum absolute atomic E-state index is 11.4. The zero-order chi connectivity index (χ0) is 12.9. The zero-order valence-corrected chi connectivity index (χ0v) is 12.5. The first kappa shape index (κ1) is 16.8. The molecule has 0 fully saturated rings. The van der Waals surface area contributed by atoms with Crippen LogP contribution in [0.2, 0.25) is 0 Å². The number of rotatable bonds is 5. The standard InChI is InChI=1S/C10H16NO5.Fm/c1-10(2,3)16-8(13)5-7(9(14)15)11(4)6-12;/h7H,5H2,1-4H3,(H,14,15);/q-1;. The molecule has 1 atom stereocenters. The zero-order valence-electron chi connectivity index (χ0n) is 10.1. The topological polar surface area (TPSA) is 83.9 Å². The van der Waals surface area contributed by atoms with Crippen molar-refractivity contribution in [3.63, 3.8) is 0 Å². The van der Waals surface area contributed by atoms with Crippen LogP contribution in [0.5, 0.6) is 0 Å². The van der Waals surface area contributed by atoms with E-state index in [0.29, 0.717) is 0 Å². The average molecular weight is 487 g/mol. The van der Waals surface area contributed by atoms with Crippen molar-refractivity contribution in [2.75, 3.05) is 7.05 Å². The molecule has 0 aliphatic rings. The summed E-state index contributed by atoms with van der Waals surface area (Å²) in [4.78, 5) is 33.2. The smallest absolute Gasteiger partial charge is 0.324 e. The first-order valence-corrected chi connectivity index (χ1v) is 4.72. The molecule has 0 bridgehead atoms. The van der Waals surface area contributed by atoms with Gasteiger partial charge in [0, 0.05) is 0 Å². The maximum Gasteiger partial charge on any atom is 0.324 e. The van der Waals surface area contributed by atoms with Gasteiger partial charge in [-0.05, 0) is 27.8 Å². The van der Waals surface area contributed by atoms with Gasteiger partial charge < -0.3 is 19.5 Å². The Morgan fingerprint density at radius 3 is 2.18 bits per heavy atom. The number of hydrogen-bond donors (Lipinski definition) is 1. The summed E-state index contributed by atoms with van der Waals surface area (Å²) >= 11 is 0. The number of ether oxygens (including phenoxy) is 1. The molecule has 104 valence electrons. The normalized spacial score (nSPS) is 12.0. The average Bonchev–Trinajstić information content (AvgIpc) is 2.09. The van der Waals surface area contributed by atoms with Gasteiger partial charge in [0.1, 0.15) is 11.6 Å². The minimum atomic E-state index is -1.27. The molecule has 0 heterocycles. The van der Waals surface area contributed by atoms with E-state index in [-0.39, 0.29) is 0 Å². The molecule has 0 saturated carbocycles. The van der Waals surface area contributed by atoms with Crippen LogP contribution >= 0.6 is 0 Å². The fourth-order valence-corrected chi connectivity index (χ4v) is 0.995. The second kappa shape index (κ2) is 6.09. The van der Waals surface area contributed by atoms with Gasteiger partial charge in [-0.25, -0.2) is 0 Å². The van der Waals surface area contributed by atoms with Crippen LogP contribution < -0.4 is 0 Å². The Bertz CT molecular complexity index is 287. The second-order valence-corrected chi connectivity index (χ2v) is 4.35. The summed E-state index contributed by atoms with van der Waals surface area (Å²) in [6.45, 7) is 5.03. The Labute approximate surface area is 94.2 Å². The third-order valence-electron chi connectivity index (χ3n) is 1.68. The van der Waals surface area contributed by atoms with Gasteiger partial charge in [-0.3, -0.25) is 9.59 Å². The molecule has 0 aromatic heterocycles. The van der Waals surface area contributed by atoms with Crippen LogP contribution in [0.25, 0.3) is 0 Å². The molecule has 6 nitrogen and oxygen atoms in total. The van der Waals surface area contributed by atoms with Crippen molar-refractivity contribution in [1.29, 1.82) is 0 Å². The fraction of sp³-hybridized carbons (Fsp3) is 0.700. The molecule has 0 aromatic carbocycles. The quantitative estimate of drug-likeness (QED) is 0.340. The monoisotopic (exact) mass is 487 g/mol. The number of carbonyl (C=O) groups excluding carboxylic acids is 2. The third kappa shape index (κ3) is 6.48. The molecule has 1 N–H and O–H groups in total. The van der Waals surface area contributed by atoms with E-state index in [1.807, 2.05) is 0 Å². The van der Waals surface area contributed by atoms with E-state index in [2.05, 4.69) is 0 Å². The fourth-order valence-electron chi connectivity index (χ4n) is 0.995. The molecular formula is C10H16FmNO5-. The van der Waals surface area contributed by atoms with Crippen LogP contribution in [0, 0.1) is 0 Å². The second-order valence-electron chi connectivity index (χ2n) is 4.35. The first-order valence-electron chi connectivity index (χ1n) is 4.72. The summed E-state index contributed by atoms with van der Waals surface area (Å²) in [5, 5.41) is 8.79. The van der Waals surface area contributed by atoms with Crippen molar-refractivity contribution in [3.8, 4) is 0 Å². The minimum absolute atomic E-state index is 0. The predicted molar refractivity (Wildman–Crippen MR) is 55.3 cm³/mol. The largest absolute Gasteiger partial charge is 0.520 e.